The lowest BCUT2D eigenvalue weighted by Gasteiger charge is -2.34. The van der Waals surface area contributed by atoms with Gasteiger partial charge < -0.3 is 15.7 Å². The molecule has 0 aromatic rings. The maximum absolute atomic E-state index is 11.4. The number of carbonyl (C=O) groups is 1. The van der Waals surface area contributed by atoms with E-state index in [4.69, 9.17) is 5.73 Å². The van der Waals surface area contributed by atoms with Crippen molar-refractivity contribution < 1.29 is 9.90 Å². The van der Waals surface area contributed by atoms with Gasteiger partial charge in [0.1, 0.15) is 6.04 Å². The number of hydrogen-bond donors (Lipinski definition) is 2. The number of hydrogen-bond acceptors (Lipinski definition) is 4. The van der Waals surface area contributed by atoms with Crippen LogP contribution in [0, 0.1) is 0 Å². The van der Waals surface area contributed by atoms with Gasteiger partial charge in [-0.05, 0) is 47.0 Å². The lowest BCUT2D eigenvalue weighted by molar-refractivity contribution is -0.144. The van der Waals surface area contributed by atoms with Crippen LogP contribution in [0.4, 0.5) is 0 Å². The van der Waals surface area contributed by atoms with E-state index in [0.29, 0.717) is 13.0 Å². The minimum Gasteiger partial charge on any atom is -0.480 e. The Labute approximate surface area is 111 Å². The average Bonchev–Trinajstić information content (AvgIpc) is 2.26. The van der Waals surface area contributed by atoms with Gasteiger partial charge in [0.25, 0.3) is 0 Å². The second-order valence-corrected chi connectivity index (χ2v) is 5.08. The van der Waals surface area contributed by atoms with Crippen molar-refractivity contribution in [2.45, 2.75) is 45.2 Å². The van der Waals surface area contributed by atoms with Crippen molar-refractivity contribution >= 4 is 5.97 Å². The minimum absolute atomic E-state index is 0.240. The van der Waals surface area contributed by atoms with Gasteiger partial charge >= 0.3 is 5.97 Å². The van der Waals surface area contributed by atoms with Crippen molar-refractivity contribution in [2.24, 2.45) is 5.73 Å². The second-order valence-electron chi connectivity index (χ2n) is 5.08. The third-order valence-corrected chi connectivity index (χ3v) is 3.18. The molecule has 0 bridgehead atoms. The molecule has 0 fully saturated rings. The molecule has 2 unspecified atom stereocenters. The fraction of sp³-hybridized carbons (Fsp3) is 0.923. The Morgan fingerprint density at radius 1 is 1.33 bits per heavy atom. The van der Waals surface area contributed by atoms with E-state index in [1.165, 1.54) is 0 Å². The summed E-state index contributed by atoms with van der Waals surface area (Å²) in [5.41, 5.74) is 5.46. The number of nitrogens with two attached hydrogens (primary N) is 1. The molecule has 18 heavy (non-hydrogen) atoms. The Balaban J connectivity index is 4.55. The number of carboxylic acids is 1. The topological polar surface area (TPSA) is 69.8 Å². The zero-order valence-electron chi connectivity index (χ0n) is 12.2. The Morgan fingerprint density at radius 3 is 2.33 bits per heavy atom. The van der Waals surface area contributed by atoms with E-state index in [0.717, 1.165) is 25.9 Å². The zero-order valence-corrected chi connectivity index (χ0v) is 12.2. The molecule has 5 heteroatoms. The Hall–Kier alpha value is -0.650. The molecular formula is C13H29N3O2. The molecule has 0 spiro atoms. The first kappa shape index (κ1) is 17.4. The Kier molecular flexibility index (Phi) is 8.97. The molecule has 0 aliphatic heterocycles. The predicted molar refractivity (Wildman–Crippen MR) is 74.7 cm³/mol. The van der Waals surface area contributed by atoms with Crippen molar-refractivity contribution in [3.8, 4) is 0 Å². The van der Waals surface area contributed by atoms with E-state index in [2.05, 4.69) is 16.7 Å². The molecule has 0 aliphatic carbocycles. The zero-order chi connectivity index (χ0) is 14.1. The van der Waals surface area contributed by atoms with Gasteiger partial charge in [0.15, 0.2) is 0 Å². The van der Waals surface area contributed by atoms with Gasteiger partial charge in [0, 0.05) is 12.6 Å². The largest absolute Gasteiger partial charge is 0.480 e. The first-order valence-corrected chi connectivity index (χ1v) is 6.77. The van der Waals surface area contributed by atoms with Crippen molar-refractivity contribution in [1.82, 2.24) is 9.80 Å². The predicted octanol–water partition coefficient (Wildman–Crippen LogP) is 0.841. The Morgan fingerprint density at radius 2 is 1.94 bits per heavy atom. The van der Waals surface area contributed by atoms with Crippen LogP contribution in [0.1, 0.15) is 33.1 Å². The maximum Gasteiger partial charge on any atom is 0.320 e. The van der Waals surface area contributed by atoms with Gasteiger partial charge in [0.05, 0.1) is 0 Å². The van der Waals surface area contributed by atoms with Crippen LogP contribution < -0.4 is 5.73 Å². The summed E-state index contributed by atoms with van der Waals surface area (Å²) >= 11 is 0. The van der Waals surface area contributed by atoms with Crippen molar-refractivity contribution in [3.63, 3.8) is 0 Å². The van der Waals surface area contributed by atoms with E-state index in [9.17, 15) is 9.90 Å². The van der Waals surface area contributed by atoms with Gasteiger partial charge in [-0.15, -0.1) is 0 Å². The van der Waals surface area contributed by atoms with Crippen molar-refractivity contribution in [3.05, 3.63) is 0 Å². The number of nitrogens with zero attached hydrogens (tertiary/aromatic N) is 2. The highest BCUT2D eigenvalue weighted by Crippen LogP contribution is 2.13. The molecule has 3 N–H and O–H groups in total. The fourth-order valence-corrected chi connectivity index (χ4v) is 2.39. The first-order chi connectivity index (χ1) is 8.43. The quantitative estimate of drug-likeness (QED) is 0.569. The van der Waals surface area contributed by atoms with Crippen LogP contribution in [0.5, 0.6) is 0 Å². The van der Waals surface area contributed by atoms with Gasteiger partial charge in [-0.3, -0.25) is 9.69 Å². The summed E-state index contributed by atoms with van der Waals surface area (Å²) in [7, 11) is 4.02. The lowest BCUT2D eigenvalue weighted by atomic mass is 10.1. The van der Waals surface area contributed by atoms with Crippen LogP contribution in [0.15, 0.2) is 0 Å². The van der Waals surface area contributed by atoms with Crippen LogP contribution in [-0.4, -0.2) is 66.7 Å². The molecule has 0 saturated heterocycles. The summed E-state index contributed by atoms with van der Waals surface area (Å²) < 4.78 is 0. The SMILES string of the molecule is CCN(C(C)CN(C)C)C(CCCCN)C(=O)O. The van der Waals surface area contributed by atoms with E-state index >= 15 is 0 Å². The van der Waals surface area contributed by atoms with Crippen LogP contribution in [0.3, 0.4) is 0 Å². The number of rotatable bonds is 10. The van der Waals surface area contributed by atoms with Crippen LogP contribution in [0.2, 0.25) is 0 Å². The highest BCUT2D eigenvalue weighted by atomic mass is 16.4. The Bertz CT molecular complexity index is 234. The van der Waals surface area contributed by atoms with E-state index in [1.807, 2.05) is 21.0 Å². The molecule has 0 heterocycles. The molecule has 0 saturated carbocycles. The molecule has 0 rings (SSSR count). The molecule has 0 aliphatic rings. The molecule has 0 radical (unpaired) electrons. The fourth-order valence-electron chi connectivity index (χ4n) is 2.39. The monoisotopic (exact) mass is 259 g/mol. The summed E-state index contributed by atoms with van der Waals surface area (Å²) in [5, 5.41) is 9.37. The van der Waals surface area contributed by atoms with E-state index in [1.54, 1.807) is 0 Å². The minimum atomic E-state index is -0.723. The molecule has 0 aromatic carbocycles. The molecule has 5 nitrogen and oxygen atoms in total. The molecule has 0 aromatic heterocycles. The van der Waals surface area contributed by atoms with E-state index < -0.39 is 12.0 Å². The number of likely N-dealkylation sites (N-methyl/N-ethyl adjacent to an activating group) is 2. The third kappa shape index (κ3) is 6.33. The third-order valence-electron chi connectivity index (χ3n) is 3.18. The average molecular weight is 259 g/mol. The summed E-state index contributed by atoms with van der Waals surface area (Å²) in [5.74, 6) is -0.723. The standard InChI is InChI=1S/C13H29N3O2/c1-5-16(11(2)10-15(3)4)12(13(17)18)8-6-7-9-14/h11-12H,5-10,14H2,1-4H3,(H,17,18). The smallest absolute Gasteiger partial charge is 0.320 e. The molecular weight excluding hydrogens is 230 g/mol. The first-order valence-electron chi connectivity index (χ1n) is 6.77. The molecule has 108 valence electrons. The van der Waals surface area contributed by atoms with Gasteiger partial charge in [0.2, 0.25) is 0 Å². The number of carboxylic acid groups (broad SMARTS) is 1. The van der Waals surface area contributed by atoms with Gasteiger partial charge in [-0.25, -0.2) is 0 Å². The van der Waals surface area contributed by atoms with Gasteiger partial charge in [-0.1, -0.05) is 13.3 Å². The highest BCUT2D eigenvalue weighted by Gasteiger charge is 2.27. The van der Waals surface area contributed by atoms with Gasteiger partial charge in [-0.2, -0.15) is 0 Å². The van der Waals surface area contributed by atoms with Crippen LogP contribution in [-0.2, 0) is 4.79 Å². The molecule has 0 amide bonds. The lowest BCUT2D eigenvalue weighted by Crippen LogP contribution is -2.49. The van der Waals surface area contributed by atoms with Crippen molar-refractivity contribution in [1.29, 1.82) is 0 Å². The second kappa shape index (κ2) is 9.30. The maximum atomic E-state index is 11.4. The van der Waals surface area contributed by atoms with Crippen LogP contribution >= 0.6 is 0 Å². The number of unbranched alkanes of at least 4 members (excludes halogenated alkanes) is 1. The molecule has 2 atom stereocenters. The van der Waals surface area contributed by atoms with Crippen molar-refractivity contribution in [2.75, 3.05) is 33.7 Å². The van der Waals surface area contributed by atoms with E-state index in [-0.39, 0.29) is 6.04 Å². The normalized spacial score (nSPS) is 15.1. The number of aliphatic carboxylic acids is 1. The summed E-state index contributed by atoms with van der Waals surface area (Å²) in [6.07, 6.45) is 2.44. The summed E-state index contributed by atoms with van der Waals surface area (Å²) in [6.45, 7) is 6.36. The highest BCUT2D eigenvalue weighted by molar-refractivity contribution is 5.73. The summed E-state index contributed by atoms with van der Waals surface area (Å²) in [4.78, 5) is 15.6. The van der Waals surface area contributed by atoms with Crippen LogP contribution in [0.25, 0.3) is 0 Å². The summed E-state index contributed by atoms with van der Waals surface area (Å²) in [6, 6.07) is -0.152.